The topological polar surface area (TPSA) is 90.5 Å². The summed E-state index contributed by atoms with van der Waals surface area (Å²) in [6.07, 6.45) is 1.96. The van der Waals surface area contributed by atoms with Crippen molar-refractivity contribution in [2.45, 2.75) is 18.5 Å². The van der Waals surface area contributed by atoms with E-state index in [4.69, 9.17) is 0 Å². The lowest BCUT2D eigenvalue weighted by Gasteiger charge is -2.20. The normalized spacial score (nSPS) is 20.6. The molecule has 7 nitrogen and oxygen atoms in total. The second kappa shape index (κ2) is 7.47. The van der Waals surface area contributed by atoms with Gasteiger partial charge in [-0.1, -0.05) is 12.1 Å². The molecule has 2 aliphatic rings. The van der Waals surface area contributed by atoms with Crippen molar-refractivity contribution in [2.75, 3.05) is 18.4 Å². The summed E-state index contributed by atoms with van der Waals surface area (Å²) in [5, 5.41) is 12.3. The highest BCUT2D eigenvalue weighted by Crippen LogP contribution is 2.32. The summed E-state index contributed by atoms with van der Waals surface area (Å²) >= 11 is 1.59. The summed E-state index contributed by atoms with van der Waals surface area (Å²) in [7, 11) is 0. The van der Waals surface area contributed by atoms with E-state index in [0.717, 1.165) is 11.1 Å². The lowest BCUT2D eigenvalue weighted by atomic mass is 10.0. The summed E-state index contributed by atoms with van der Waals surface area (Å²) in [5.74, 6) is -0.433. The number of fused-ring (bicyclic) bond motifs is 2. The Morgan fingerprint density at radius 1 is 1.32 bits per heavy atom. The van der Waals surface area contributed by atoms with Gasteiger partial charge in [0.05, 0.1) is 17.3 Å². The van der Waals surface area contributed by atoms with Gasteiger partial charge in [-0.3, -0.25) is 9.59 Å². The average molecular weight is 396 g/mol. The van der Waals surface area contributed by atoms with Crippen LogP contribution in [0.25, 0.3) is 11.1 Å². The van der Waals surface area contributed by atoms with Crippen molar-refractivity contribution in [3.8, 4) is 11.1 Å². The molecule has 0 saturated carbocycles. The molecule has 2 unspecified atom stereocenters. The fourth-order valence-corrected chi connectivity index (χ4v) is 4.29. The van der Waals surface area contributed by atoms with Gasteiger partial charge in [0.2, 0.25) is 5.91 Å². The molecule has 1 aromatic heterocycles. The predicted molar refractivity (Wildman–Crippen MR) is 108 cm³/mol. The van der Waals surface area contributed by atoms with Crippen molar-refractivity contribution in [1.82, 2.24) is 15.5 Å². The average Bonchev–Trinajstić information content (AvgIpc) is 3.34. The minimum atomic E-state index is -0.603. The van der Waals surface area contributed by atoms with Crippen LogP contribution >= 0.6 is 11.3 Å². The van der Waals surface area contributed by atoms with Crippen molar-refractivity contribution in [3.05, 3.63) is 53.2 Å². The molecule has 2 aliphatic heterocycles. The van der Waals surface area contributed by atoms with Crippen molar-refractivity contribution in [2.24, 2.45) is 0 Å². The first-order valence-corrected chi connectivity index (χ1v) is 9.95. The van der Waals surface area contributed by atoms with Gasteiger partial charge in [0, 0.05) is 13.1 Å². The van der Waals surface area contributed by atoms with Crippen LogP contribution < -0.4 is 16.0 Å². The lowest BCUT2D eigenvalue weighted by Crippen LogP contribution is -2.44. The van der Waals surface area contributed by atoms with Crippen LogP contribution in [-0.2, 0) is 4.79 Å². The predicted octanol–water partition coefficient (Wildman–Crippen LogP) is 2.44. The number of hydrogen-bond donors (Lipinski definition) is 3. The molecule has 0 aliphatic carbocycles. The number of carbonyl (C=O) groups excluding carboxylic acids is 3. The molecule has 4 amide bonds. The second-order valence-electron chi connectivity index (χ2n) is 6.81. The smallest absolute Gasteiger partial charge is 0.315 e. The van der Waals surface area contributed by atoms with Gasteiger partial charge in [-0.25, -0.2) is 4.79 Å². The SMILES string of the molecule is C=CCNC(=O)NC1CC2C(=O)Nc3ccc(-c4ccsc4)cc3C(=O)N2C1. The number of rotatable bonds is 4. The van der Waals surface area contributed by atoms with Gasteiger partial charge < -0.3 is 20.9 Å². The Hall–Kier alpha value is -3.13. The van der Waals surface area contributed by atoms with Crippen molar-refractivity contribution < 1.29 is 14.4 Å². The molecule has 0 bridgehead atoms. The third-order valence-corrected chi connectivity index (χ3v) is 5.65. The van der Waals surface area contributed by atoms with Gasteiger partial charge in [0.15, 0.2) is 0 Å². The van der Waals surface area contributed by atoms with Gasteiger partial charge in [-0.05, 0) is 46.5 Å². The van der Waals surface area contributed by atoms with E-state index in [2.05, 4.69) is 22.5 Å². The molecule has 28 heavy (non-hydrogen) atoms. The molecule has 144 valence electrons. The summed E-state index contributed by atoms with van der Waals surface area (Å²) in [4.78, 5) is 39.3. The highest BCUT2D eigenvalue weighted by molar-refractivity contribution is 7.08. The fraction of sp³-hybridized carbons (Fsp3) is 0.250. The second-order valence-corrected chi connectivity index (χ2v) is 7.59. The number of hydrogen-bond acceptors (Lipinski definition) is 4. The standard InChI is InChI=1S/C20H20N4O3S/c1-2-6-21-20(27)22-14-9-17-18(25)23-16-4-3-12(13-5-7-28-11-13)8-15(16)19(26)24(17)10-14/h2-5,7-8,11,14,17H,1,6,9-10H2,(H,23,25)(H2,21,22,27). The highest BCUT2D eigenvalue weighted by atomic mass is 32.1. The maximum absolute atomic E-state index is 13.2. The van der Waals surface area contributed by atoms with E-state index in [1.807, 2.05) is 29.0 Å². The van der Waals surface area contributed by atoms with Crippen LogP contribution in [0.15, 0.2) is 47.7 Å². The highest BCUT2D eigenvalue weighted by Gasteiger charge is 2.43. The van der Waals surface area contributed by atoms with E-state index in [1.165, 1.54) is 0 Å². The molecule has 0 spiro atoms. The molecular weight excluding hydrogens is 376 g/mol. The Labute approximate surface area is 166 Å². The fourth-order valence-electron chi connectivity index (χ4n) is 3.62. The molecule has 4 rings (SSSR count). The zero-order valence-corrected chi connectivity index (χ0v) is 15.9. The van der Waals surface area contributed by atoms with Crippen molar-refractivity contribution in [1.29, 1.82) is 0 Å². The summed E-state index contributed by atoms with van der Waals surface area (Å²) in [6.45, 7) is 4.20. The molecule has 1 aromatic carbocycles. The van der Waals surface area contributed by atoms with E-state index < -0.39 is 6.04 Å². The van der Waals surface area contributed by atoms with Crippen LogP contribution in [0.4, 0.5) is 10.5 Å². The number of urea groups is 1. The van der Waals surface area contributed by atoms with E-state index in [0.29, 0.717) is 30.8 Å². The quantitative estimate of drug-likeness (QED) is 0.694. The first-order valence-electron chi connectivity index (χ1n) is 9.00. The largest absolute Gasteiger partial charge is 0.335 e. The molecule has 8 heteroatoms. The van der Waals surface area contributed by atoms with Gasteiger partial charge in [0.25, 0.3) is 5.91 Å². The van der Waals surface area contributed by atoms with Crippen LogP contribution in [-0.4, -0.2) is 47.9 Å². The summed E-state index contributed by atoms with van der Waals surface area (Å²) in [5.41, 5.74) is 2.96. The van der Waals surface area contributed by atoms with Crippen molar-refractivity contribution >= 4 is 34.9 Å². The number of nitrogens with zero attached hydrogens (tertiary/aromatic N) is 1. The molecule has 0 radical (unpaired) electrons. The van der Waals surface area contributed by atoms with Crippen LogP contribution in [0.5, 0.6) is 0 Å². The van der Waals surface area contributed by atoms with Gasteiger partial charge in [0.1, 0.15) is 6.04 Å². The maximum atomic E-state index is 13.2. The lowest BCUT2D eigenvalue weighted by molar-refractivity contribution is -0.119. The van der Waals surface area contributed by atoms with E-state index in [9.17, 15) is 14.4 Å². The Morgan fingerprint density at radius 2 is 2.18 bits per heavy atom. The first kappa shape index (κ1) is 18.2. The third-order valence-electron chi connectivity index (χ3n) is 4.97. The minimum Gasteiger partial charge on any atom is -0.335 e. The maximum Gasteiger partial charge on any atom is 0.315 e. The Bertz CT molecular complexity index is 941. The molecule has 3 N–H and O–H groups in total. The molecular formula is C20H20N4O3S. The number of benzene rings is 1. The zero-order chi connectivity index (χ0) is 19.7. The first-order chi connectivity index (χ1) is 13.6. The van der Waals surface area contributed by atoms with Crippen LogP contribution in [0.1, 0.15) is 16.8 Å². The molecule has 1 fully saturated rings. The summed E-state index contributed by atoms with van der Waals surface area (Å²) < 4.78 is 0. The van der Waals surface area contributed by atoms with Gasteiger partial charge in [-0.2, -0.15) is 11.3 Å². The summed E-state index contributed by atoms with van der Waals surface area (Å²) in [6, 6.07) is 6.26. The van der Waals surface area contributed by atoms with Crippen LogP contribution in [0.2, 0.25) is 0 Å². The zero-order valence-electron chi connectivity index (χ0n) is 15.1. The third kappa shape index (κ3) is 3.38. The number of nitrogens with one attached hydrogen (secondary N) is 3. The molecule has 2 atom stereocenters. The van der Waals surface area contributed by atoms with E-state index in [-0.39, 0.29) is 23.9 Å². The Morgan fingerprint density at radius 3 is 2.93 bits per heavy atom. The Balaban J connectivity index is 1.57. The number of anilines is 1. The Kier molecular flexibility index (Phi) is 4.87. The number of thiophene rings is 1. The van der Waals surface area contributed by atoms with E-state index in [1.54, 1.807) is 28.4 Å². The monoisotopic (exact) mass is 396 g/mol. The van der Waals surface area contributed by atoms with Gasteiger partial charge >= 0.3 is 6.03 Å². The molecule has 1 saturated heterocycles. The van der Waals surface area contributed by atoms with E-state index >= 15 is 0 Å². The van der Waals surface area contributed by atoms with Crippen LogP contribution in [0, 0.1) is 0 Å². The molecule has 3 heterocycles. The number of amides is 4. The van der Waals surface area contributed by atoms with Crippen LogP contribution in [0.3, 0.4) is 0 Å². The number of carbonyl (C=O) groups is 3. The van der Waals surface area contributed by atoms with Gasteiger partial charge in [-0.15, -0.1) is 6.58 Å². The minimum absolute atomic E-state index is 0.203. The molecule has 2 aromatic rings. The van der Waals surface area contributed by atoms with Crippen molar-refractivity contribution in [3.63, 3.8) is 0 Å².